The number of fused-ring (bicyclic) bond motifs is 1. The molecule has 0 aliphatic rings. The number of hydrogen-bond acceptors (Lipinski definition) is 3. The second-order valence-electron chi connectivity index (χ2n) is 6.11. The van der Waals surface area contributed by atoms with Crippen LogP contribution in [0.5, 0.6) is 0 Å². The van der Waals surface area contributed by atoms with Crippen LogP contribution in [0.15, 0.2) is 54.6 Å². The van der Waals surface area contributed by atoms with E-state index < -0.39 is 0 Å². The van der Waals surface area contributed by atoms with Crippen molar-refractivity contribution in [2.75, 3.05) is 20.2 Å². The summed E-state index contributed by atoms with van der Waals surface area (Å²) in [5, 5.41) is 2.54. The van der Waals surface area contributed by atoms with Gasteiger partial charge < -0.3 is 4.74 Å². The van der Waals surface area contributed by atoms with Crippen molar-refractivity contribution in [3.63, 3.8) is 0 Å². The minimum absolute atomic E-state index is 0.246. The number of benzene rings is 2. The lowest BCUT2D eigenvalue weighted by Crippen LogP contribution is -2.18. The molecule has 0 unspecified atom stereocenters. The predicted octanol–water partition coefficient (Wildman–Crippen LogP) is 4.56. The van der Waals surface area contributed by atoms with Crippen molar-refractivity contribution >= 4 is 16.7 Å². The van der Waals surface area contributed by atoms with E-state index in [0.717, 1.165) is 25.8 Å². The van der Waals surface area contributed by atoms with Crippen molar-refractivity contribution in [3.8, 4) is 0 Å². The topological polar surface area (TPSA) is 29.5 Å². The zero-order valence-corrected chi connectivity index (χ0v) is 14.7. The van der Waals surface area contributed by atoms with E-state index in [1.54, 1.807) is 0 Å². The Bertz CT molecular complexity index is 673. The monoisotopic (exact) mass is 325 g/mol. The molecule has 0 heterocycles. The Morgan fingerprint density at radius 1 is 1.12 bits per heavy atom. The molecule has 2 rings (SSSR count). The summed E-state index contributed by atoms with van der Waals surface area (Å²) in [6.07, 6.45) is 6.58. The van der Waals surface area contributed by atoms with Crippen molar-refractivity contribution in [3.05, 3.63) is 60.2 Å². The Kier molecular flexibility index (Phi) is 7.50. The molecule has 0 radical (unpaired) electrons. The van der Waals surface area contributed by atoms with Gasteiger partial charge in [-0.1, -0.05) is 68.3 Å². The molecular formula is C21H27NO2. The third kappa shape index (κ3) is 5.82. The first-order valence-corrected chi connectivity index (χ1v) is 8.69. The number of unbranched alkanes of at least 4 members (excludes halogenated alkanes) is 2. The average molecular weight is 325 g/mol. The minimum Gasteiger partial charge on any atom is -0.463 e. The lowest BCUT2D eigenvalue weighted by atomic mass is 10.0. The summed E-state index contributed by atoms with van der Waals surface area (Å²) < 4.78 is 5.16. The fraction of sp³-hybridized carbons (Fsp3) is 0.381. The van der Waals surface area contributed by atoms with Crippen LogP contribution < -0.4 is 0 Å². The van der Waals surface area contributed by atoms with E-state index in [4.69, 9.17) is 4.74 Å². The summed E-state index contributed by atoms with van der Waals surface area (Å²) in [7, 11) is 2.05. The molecule has 0 saturated heterocycles. The number of likely N-dealkylation sites (N-methyl/N-ethyl adjacent to an activating group) is 1. The molecule has 0 amide bonds. The second-order valence-corrected chi connectivity index (χ2v) is 6.11. The van der Waals surface area contributed by atoms with Gasteiger partial charge in [-0.05, 0) is 29.8 Å². The molecule has 128 valence electrons. The summed E-state index contributed by atoms with van der Waals surface area (Å²) in [6, 6.07) is 14.8. The van der Waals surface area contributed by atoms with E-state index in [9.17, 15) is 4.79 Å². The van der Waals surface area contributed by atoms with Crippen LogP contribution in [0, 0.1) is 0 Å². The molecule has 0 aliphatic carbocycles. The van der Waals surface area contributed by atoms with Crippen LogP contribution in [-0.2, 0) is 16.1 Å². The zero-order chi connectivity index (χ0) is 17.2. The quantitative estimate of drug-likeness (QED) is 0.384. The van der Waals surface area contributed by atoms with Gasteiger partial charge in [0.25, 0.3) is 0 Å². The number of nitrogens with zero attached hydrogens (tertiary/aromatic N) is 1. The molecule has 2 aromatic rings. The number of esters is 1. The highest BCUT2D eigenvalue weighted by Gasteiger charge is 2.03. The zero-order valence-electron chi connectivity index (χ0n) is 14.7. The van der Waals surface area contributed by atoms with Gasteiger partial charge in [0.2, 0.25) is 0 Å². The smallest absolute Gasteiger partial charge is 0.330 e. The van der Waals surface area contributed by atoms with Crippen molar-refractivity contribution in [1.29, 1.82) is 0 Å². The summed E-state index contributed by atoms with van der Waals surface area (Å²) in [4.78, 5) is 13.8. The largest absolute Gasteiger partial charge is 0.463 e. The van der Waals surface area contributed by atoms with Gasteiger partial charge in [0, 0.05) is 19.2 Å². The molecule has 0 N–H and O–H groups in total. The molecule has 24 heavy (non-hydrogen) atoms. The first kappa shape index (κ1) is 18.2. The fourth-order valence-corrected chi connectivity index (χ4v) is 2.69. The maximum atomic E-state index is 11.6. The Hall–Kier alpha value is -2.13. The normalized spacial score (nSPS) is 11.5. The predicted molar refractivity (Wildman–Crippen MR) is 99.9 cm³/mol. The van der Waals surface area contributed by atoms with Crippen LogP contribution in [0.1, 0.15) is 31.7 Å². The second kappa shape index (κ2) is 9.89. The van der Waals surface area contributed by atoms with Crippen molar-refractivity contribution in [2.45, 2.75) is 32.7 Å². The SMILES string of the molecule is CCCCCOC(=O)/C=C/CN(C)Cc1cccc2ccccc12. The fourth-order valence-electron chi connectivity index (χ4n) is 2.69. The Morgan fingerprint density at radius 2 is 1.92 bits per heavy atom. The van der Waals surface area contributed by atoms with E-state index in [-0.39, 0.29) is 5.97 Å². The molecule has 2 aromatic carbocycles. The molecule has 0 bridgehead atoms. The maximum absolute atomic E-state index is 11.6. The summed E-state index contributed by atoms with van der Waals surface area (Å²) >= 11 is 0. The van der Waals surface area contributed by atoms with Gasteiger partial charge in [-0.15, -0.1) is 0 Å². The van der Waals surface area contributed by atoms with Crippen LogP contribution >= 0.6 is 0 Å². The number of carbonyl (C=O) groups is 1. The molecule has 0 fully saturated rings. The van der Waals surface area contributed by atoms with Gasteiger partial charge in [-0.2, -0.15) is 0 Å². The molecule has 0 atom stereocenters. The van der Waals surface area contributed by atoms with Crippen LogP contribution in [0.25, 0.3) is 10.8 Å². The van der Waals surface area contributed by atoms with E-state index >= 15 is 0 Å². The standard InChI is InChI=1S/C21H27NO2/c1-3-4-7-16-24-21(23)14-9-15-22(2)17-19-12-8-11-18-10-5-6-13-20(18)19/h5-6,8-14H,3-4,7,15-17H2,1-2H3/b14-9+. The highest BCUT2D eigenvalue weighted by molar-refractivity contribution is 5.85. The van der Waals surface area contributed by atoms with Crippen LogP contribution in [0.2, 0.25) is 0 Å². The minimum atomic E-state index is -0.246. The van der Waals surface area contributed by atoms with Gasteiger partial charge in [-0.25, -0.2) is 4.79 Å². The van der Waals surface area contributed by atoms with Gasteiger partial charge >= 0.3 is 5.97 Å². The average Bonchev–Trinajstić information content (AvgIpc) is 2.59. The van der Waals surface area contributed by atoms with Gasteiger partial charge in [0.15, 0.2) is 0 Å². The summed E-state index contributed by atoms with van der Waals surface area (Å²) in [5.74, 6) is -0.246. The lowest BCUT2D eigenvalue weighted by molar-refractivity contribution is -0.137. The van der Waals surface area contributed by atoms with Crippen LogP contribution in [0.4, 0.5) is 0 Å². The number of carbonyl (C=O) groups excluding carboxylic acids is 1. The van der Waals surface area contributed by atoms with Crippen molar-refractivity contribution in [2.24, 2.45) is 0 Å². The molecule has 0 aliphatic heterocycles. The third-order valence-electron chi connectivity index (χ3n) is 3.98. The first-order valence-electron chi connectivity index (χ1n) is 8.69. The molecule has 0 saturated carbocycles. The number of ether oxygens (including phenoxy) is 1. The van der Waals surface area contributed by atoms with Gasteiger partial charge in [0.05, 0.1) is 6.61 Å². The third-order valence-corrected chi connectivity index (χ3v) is 3.98. The Balaban J connectivity index is 1.81. The molecule has 3 nitrogen and oxygen atoms in total. The van der Waals surface area contributed by atoms with Gasteiger partial charge in [0.1, 0.15) is 0 Å². The Morgan fingerprint density at radius 3 is 2.75 bits per heavy atom. The maximum Gasteiger partial charge on any atom is 0.330 e. The highest BCUT2D eigenvalue weighted by Crippen LogP contribution is 2.19. The van der Waals surface area contributed by atoms with E-state index in [1.807, 2.05) is 6.08 Å². The molecule has 3 heteroatoms. The van der Waals surface area contributed by atoms with E-state index in [2.05, 4.69) is 61.3 Å². The summed E-state index contributed by atoms with van der Waals surface area (Å²) in [5.41, 5.74) is 1.30. The summed E-state index contributed by atoms with van der Waals surface area (Å²) in [6.45, 7) is 4.21. The molecule has 0 spiro atoms. The first-order chi connectivity index (χ1) is 11.7. The highest BCUT2D eigenvalue weighted by atomic mass is 16.5. The van der Waals surface area contributed by atoms with Crippen molar-refractivity contribution < 1.29 is 9.53 Å². The molecular weight excluding hydrogens is 298 g/mol. The van der Waals surface area contributed by atoms with Gasteiger partial charge in [-0.3, -0.25) is 4.90 Å². The Labute approximate surface area is 144 Å². The lowest BCUT2D eigenvalue weighted by Gasteiger charge is -2.16. The van der Waals surface area contributed by atoms with E-state index in [0.29, 0.717) is 13.2 Å². The number of rotatable bonds is 9. The van der Waals surface area contributed by atoms with Crippen LogP contribution in [0.3, 0.4) is 0 Å². The number of hydrogen-bond donors (Lipinski definition) is 0. The van der Waals surface area contributed by atoms with Crippen LogP contribution in [-0.4, -0.2) is 31.1 Å². The molecule has 0 aromatic heterocycles. The van der Waals surface area contributed by atoms with E-state index in [1.165, 1.54) is 22.4 Å². The van der Waals surface area contributed by atoms with Crippen molar-refractivity contribution in [1.82, 2.24) is 4.90 Å².